The molecule has 1 aliphatic heterocycles. The van der Waals surface area contributed by atoms with Crippen LogP contribution in [0.15, 0.2) is 28.2 Å². The van der Waals surface area contributed by atoms with Gasteiger partial charge in [-0.05, 0) is 44.4 Å². The molecule has 23 heavy (non-hydrogen) atoms. The van der Waals surface area contributed by atoms with Gasteiger partial charge < -0.3 is 14.8 Å². The summed E-state index contributed by atoms with van der Waals surface area (Å²) in [5.74, 6) is 0.871. The molecule has 1 aliphatic rings. The van der Waals surface area contributed by atoms with Crippen LogP contribution < -0.4 is 5.32 Å². The number of hydrogen-bond acceptors (Lipinski definition) is 6. The molecule has 0 saturated carbocycles. The van der Waals surface area contributed by atoms with Crippen molar-refractivity contribution in [1.82, 2.24) is 9.88 Å². The fourth-order valence-corrected chi connectivity index (χ4v) is 3.58. The Bertz CT molecular complexity index is 639. The Morgan fingerprint density at radius 3 is 3.26 bits per heavy atom. The van der Waals surface area contributed by atoms with Gasteiger partial charge in [-0.2, -0.15) is 0 Å². The summed E-state index contributed by atoms with van der Waals surface area (Å²) in [6.07, 6.45) is 3.31. The van der Waals surface area contributed by atoms with E-state index in [0.717, 1.165) is 31.6 Å². The second-order valence-corrected chi connectivity index (χ2v) is 6.80. The van der Waals surface area contributed by atoms with E-state index in [4.69, 9.17) is 4.42 Å². The zero-order valence-electron chi connectivity index (χ0n) is 13.1. The van der Waals surface area contributed by atoms with Gasteiger partial charge in [0.25, 0.3) is 0 Å². The van der Waals surface area contributed by atoms with Gasteiger partial charge in [0, 0.05) is 11.9 Å². The van der Waals surface area contributed by atoms with Crippen molar-refractivity contribution in [1.29, 1.82) is 0 Å². The lowest BCUT2D eigenvalue weighted by Crippen LogP contribution is -2.43. The summed E-state index contributed by atoms with van der Waals surface area (Å²) in [5.41, 5.74) is 0.724. The maximum Gasteiger partial charge on any atom is 0.240 e. The van der Waals surface area contributed by atoms with Gasteiger partial charge in [0.15, 0.2) is 10.9 Å². The summed E-state index contributed by atoms with van der Waals surface area (Å²) in [6, 6.07) is 3.65. The smallest absolute Gasteiger partial charge is 0.240 e. The Morgan fingerprint density at radius 1 is 1.65 bits per heavy atom. The summed E-state index contributed by atoms with van der Waals surface area (Å²) in [7, 11) is 0. The molecule has 0 radical (unpaired) electrons. The second kappa shape index (κ2) is 7.25. The number of nitrogens with zero attached hydrogens (tertiary/aromatic N) is 2. The molecule has 0 bridgehead atoms. The van der Waals surface area contributed by atoms with E-state index in [1.165, 1.54) is 11.3 Å². The van der Waals surface area contributed by atoms with Gasteiger partial charge in [-0.1, -0.05) is 0 Å². The lowest BCUT2D eigenvalue weighted by Gasteiger charge is -2.33. The highest BCUT2D eigenvalue weighted by atomic mass is 32.1. The third-order valence-electron chi connectivity index (χ3n) is 4.12. The Morgan fingerprint density at radius 2 is 2.52 bits per heavy atom. The number of amides is 1. The number of thiazole rings is 1. The highest BCUT2D eigenvalue weighted by Crippen LogP contribution is 2.25. The maximum absolute atomic E-state index is 12.2. The van der Waals surface area contributed by atoms with Crippen molar-refractivity contribution in [2.45, 2.75) is 25.9 Å². The summed E-state index contributed by atoms with van der Waals surface area (Å²) < 4.78 is 5.29. The minimum atomic E-state index is -0.323. The van der Waals surface area contributed by atoms with Gasteiger partial charge in [-0.15, -0.1) is 11.3 Å². The molecular formula is C16H21N3O3S. The average Bonchev–Trinajstić information content (AvgIpc) is 3.18. The molecule has 0 spiro atoms. The van der Waals surface area contributed by atoms with Crippen LogP contribution in [-0.4, -0.2) is 46.6 Å². The van der Waals surface area contributed by atoms with E-state index < -0.39 is 0 Å². The first-order valence-electron chi connectivity index (χ1n) is 7.81. The molecule has 124 valence electrons. The number of anilines is 1. The second-order valence-electron chi connectivity index (χ2n) is 5.94. The maximum atomic E-state index is 12.2. The van der Waals surface area contributed by atoms with Gasteiger partial charge in [0.1, 0.15) is 5.69 Å². The van der Waals surface area contributed by atoms with Gasteiger partial charge in [-0.25, -0.2) is 4.98 Å². The molecule has 7 heteroatoms. The SMILES string of the molecule is CC(O)C1CCCN(CC(=O)Nc2nc(-c3ccco3)cs2)C1. The number of hydrogen-bond donors (Lipinski definition) is 2. The molecule has 2 N–H and O–H groups in total. The molecule has 2 aromatic rings. The highest BCUT2D eigenvalue weighted by molar-refractivity contribution is 7.14. The number of nitrogens with one attached hydrogen (secondary N) is 1. The van der Waals surface area contributed by atoms with Crippen LogP contribution in [0, 0.1) is 5.92 Å². The topological polar surface area (TPSA) is 78.6 Å². The molecule has 3 rings (SSSR count). The van der Waals surface area contributed by atoms with E-state index in [0.29, 0.717) is 17.4 Å². The Kier molecular flexibility index (Phi) is 5.09. The molecule has 2 unspecified atom stereocenters. The number of carbonyl (C=O) groups is 1. The number of piperidine rings is 1. The number of aliphatic hydroxyl groups excluding tert-OH is 1. The molecule has 3 heterocycles. The van der Waals surface area contributed by atoms with E-state index in [9.17, 15) is 9.90 Å². The zero-order chi connectivity index (χ0) is 16.2. The van der Waals surface area contributed by atoms with Crippen LogP contribution in [0.5, 0.6) is 0 Å². The van der Waals surface area contributed by atoms with Crippen molar-refractivity contribution in [3.63, 3.8) is 0 Å². The van der Waals surface area contributed by atoms with Crippen LogP contribution in [0.2, 0.25) is 0 Å². The molecule has 0 aromatic carbocycles. The number of furan rings is 1. The van der Waals surface area contributed by atoms with Crippen molar-refractivity contribution in [2.24, 2.45) is 5.92 Å². The normalized spacial score (nSPS) is 20.3. The van der Waals surface area contributed by atoms with E-state index in [2.05, 4.69) is 15.2 Å². The predicted molar refractivity (Wildman–Crippen MR) is 89.3 cm³/mol. The average molecular weight is 335 g/mol. The first-order chi connectivity index (χ1) is 11.1. The summed E-state index contributed by atoms with van der Waals surface area (Å²) in [6.45, 7) is 3.81. The Hall–Kier alpha value is -1.70. The predicted octanol–water partition coefficient (Wildman–Crippen LogP) is 2.43. The largest absolute Gasteiger partial charge is 0.463 e. The van der Waals surface area contributed by atoms with Gasteiger partial charge in [-0.3, -0.25) is 9.69 Å². The standard InChI is InChI=1S/C16H21N3O3S/c1-11(20)12-4-2-6-19(8-12)9-15(21)18-16-17-13(10-23-16)14-5-3-7-22-14/h3,5,7,10-12,20H,2,4,6,8-9H2,1H3,(H,17,18,21). The van der Waals surface area contributed by atoms with Crippen LogP contribution in [0.4, 0.5) is 5.13 Å². The van der Waals surface area contributed by atoms with Crippen molar-refractivity contribution in [2.75, 3.05) is 25.0 Å². The summed E-state index contributed by atoms with van der Waals surface area (Å²) in [5, 5.41) is 15.0. The first kappa shape index (κ1) is 16.2. The van der Waals surface area contributed by atoms with E-state index >= 15 is 0 Å². The lowest BCUT2D eigenvalue weighted by atomic mass is 9.93. The molecule has 0 aliphatic carbocycles. The third-order valence-corrected chi connectivity index (χ3v) is 4.87. The molecule has 6 nitrogen and oxygen atoms in total. The molecular weight excluding hydrogens is 314 g/mol. The molecule has 2 aromatic heterocycles. The molecule has 2 atom stereocenters. The van der Waals surface area contributed by atoms with E-state index in [1.807, 2.05) is 24.4 Å². The summed E-state index contributed by atoms with van der Waals surface area (Å²) >= 11 is 1.38. The van der Waals surface area contributed by atoms with Crippen molar-refractivity contribution < 1.29 is 14.3 Å². The van der Waals surface area contributed by atoms with Gasteiger partial charge >= 0.3 is 0 Å². The minimum Gasteiger partial charge on any atom is -0.463 e. The van der Waals surface area contributed by atoms with Crippen molar-refractivity contribution >= 4 is 22.4 Å². The van der Waals surface area contributed by atoms with Crippen LogP contribution in [0.1, 0.15) is 19.8 Å². The van der Waals surface area contributed by atoms with Crippen molar-refractivity contribution in [3.8, 4) is 11.5 Å². The minimum absolute atomic E-state index is 0.0726. The number of aromatic nitrogens is 1. The van der Waals surface area contributed by atoms with Crippen LogP contribution in [0.3, 0.4) is 0 Å². The van der Waals surface area contributed by atoms with E-state index in [1.54, 1.807) is 6.26 Å². The first-order valence-corrected chi connectivity index (χ1v) is 8.69. The Labute approximate surface area is 139 Å². The highest BCUT2D eigenvalue weighted by Gasteiger charge is 2.24. The fraction of sp³-hybridized carbons (Fsp3) is 0.500. The number of likely N-dealkylation sites (tertiary alicyclic amines) is 1. The lowest BCUT2D eigenvalue weighted by molar-refractivity contribution is -0.118. The third kappa shape index (κ3) is 4.19. The van der Waals surface area contributed by atoms with Crippen LogP contribution in [-0.2, 0) is 4.79 Å². The summed E-state index contributed by atoms with van der Waals surface area (Å²) in [4.78, 5) is 18.6. The number of carbonyl (C=O) groups excluding carboxylic acids is 1. The molecule has 1 saturated heterocycles. The van der Waals surface area contributed by atoms with Gasteiger partial charge in [0.2, 0.25) is 5.91 Å². The zero-order valence-corrected chi connectivity index (χ0v) is 13.9. The van der Waals surface area contributed by atoms with Crippen molar-refractivity contribution in [3.05, 3.63) is 23.8 Å². The fourth-order valence-electron chi connectivity index (χ4n) is 2.86. The van der Waals surface area contributed by atoms with Gasteiger partial charge in [0.05, 0.1) is 18.9 Å². The number of rotatable bonds is 5. The van der Waals surface area contributed by atoms with Crippen LogP contribution >= 0.6 is 11.3 Å². The number of aliphatic hydroxyl groups is 1. The molecule has 1 fully saturated rings. The quantitative estimate of drug-likeness (QED) is 0.877. The monoisotopic (exact) mass is 335 g/mol. The molecule has 1 amide bonds. The Balaban J connectivity index is 1.53. The van der Waals surface area contributed by atoms with Crippen LogP contribution in [0.25, 0.3) is 11.5 Å². The van der Waals surface area contributed by atoms with E-state index in [-0.39, 0.29) is 17.9 Å².